The van der Waals surface area contributed by atoms with Crippen molar-refractivity contribution in [1.82, 2.24) is 0 Å². The minimum atomic E-state index is -0.665. The van der Waals surface area contributed by atoms with Crippen LogP contribution in [0.15, 0.2) is 18.2 Å². The number of carbonyl (C=O) groups is 1. The maximum absolute atomic E-state index is 11.0. The van der Waals surface area contributed by atoms with E-state index >= 15 is 0 Å². The van der Waals surface area contributed by atoms with E-state index in [0.717, 1.165) is 49.1 Å². The Hall–Kier alpha value is -1.75. The molecule has 0 spiro atoms. The molecule has 22 heavy (non-hydrogen) atoms. The number of nitrogens with one attached hydrogen (secondary N) is 1. The summed E-state index contributed by atoms with van der Waals surface area (Å²) < 4.78 is 11.4. The Bertz CT molecular complexity index is 537. The van der Waals surface area contributed by atoms with Crippen molar-refractivity contribution in [1.29, 1.82) is 0 Å². The van der Waals surface area contributed by atoms with Crippen LogP contribution >= 0.6 is 0 Å². The molecule has 0 radical (unpaired) electrons. The molecule has 0 bridgehead atoms. The highest BCUT2D eigenvalue weighted by molar-refractivity contribution is 5.70. The van der Waals surface area contributed by atoms with Gasteiger partial charge in [0.25, 0.3) is 0 Å². The molecule has 1 fully saturated rings. The largest absolute Gasteiger partial charge is 0.491 e. The van der Waals surface area contributed by atoms with Crippen molar-refractivity contribution in [2.45, 2.75) is 44.2 Å². The number of carboxylic acid groups (broad SMARTS) is 1. The van der Waals surface area contributed by atoms with E-state index in [2.05, 4.69) is 11.4 Å². The van der Waals surface area contributed by atoms with Crippen molar-refractivity contribution in [2.75, 3.05) is 19.0 Å². The Morgan fingerprint density at radius 1 is 1.27 bits per heavy atom. The number of hydrogen-bond acceptors (Lipinski definition) is 4. The zero-order chi connectivity index (χ0) is 15.5. The zero-order valence-corrected chi connectivity index (χ0v) is 12.9. The number of anilines is 1. The van der Waals surface area contributed by atoms with Crippen LogP contribution in [-0.4, -0.2) is 30.8 Å². The van der Waals surface area contributed by atoms with E-state index in [1.807, 2.05) is 12.1 Å². The van der Waals surface area contributed by atoms with Gasteiger partial charge in [0.05, 0.1) is 24.3 Å². The van der Waals surface area contributed by atoms with Crippen molar-refractivity contribution in [2.24, 2.45) is 5.92 Å². The van der Waals surface area contributed by atoms with E-state index in [-0.39, 0.29) is 12.0 Å². The predicted octanol–water partition coefficient (Wildman–Crippen LogP) is 3.21. The summed E-state index contributed by atoms with van der Waals surface area (Å²) in [5.74, 6) is 0.0413. The van der Waals surface area contributed by atoms with Gasteiger partial charge in [-0.3, -0.25) is 4.79 Å². The standard InChI is InChI=1S/C17H23NO4/c1-21-15-9-10-22-16-13(15)3-2-4-14(16)18-12-7-5-11(6-8-12)17(19)20/h2-4,11-12,15,18H,5-10H2,1H3,(H,19,20). The second kappa shape index (κ2) is 6.57. The second-order valence-corrected chi connectivity index (χ2v) is 6.12. The van der Waals surface area contributed by atoms with Gasteiger partial charge in [-0.1, -0.05) is 12.1 Å². The van der Waals surface area contributed by atoms with Crippen LogP contribution in [0.1, 0.15) is 43.8 Å². The molecule has 5 heteroatoms. The molecule has 1 aromatic rings. The number of para-hydroxylation sites is 1. The van der Waals surface area contributed by atoms with E-state index in [1.54, 1.807) is 7.11 Å². The Balaban J connectivity index is 1.70. The fraction of sp³-hybridized carbons (Fsp3) is 0.588. The molecule has 120 valence electrons. The first kappa shape index (κ1) is 15.2. The quantitative estimate of drug-likeness (QED) is 0.894. The van der Waals surface area contributed by atoms with Gasteiger partial charge in [0, 0.05) is 25.1 Å². The molecule has 1 unspecified atom stereocenters. The number of methoxy groups -OCH3 is 1. The average molecular weight is 305 g/mol. The molecule has 1 saturated carbocycles. The molecule has 5 nitrogen and oxygen atoms in total. The van der Waals surface area contributed by atoms with Crippen LogP contribution in [0.4, 0.5) is 5.69 Å². The third-order valence-corrected chi connectivity index (χ3v) is 4.74. The van der Waals surface area contributed by atoms with Crippen molar-refractivity contribution in [3.8, 4) is 5.75 Å². The molecule has 1 heterocycles. The lowest BCUT2D eigenvalue weighted by atomic mass is 9.86. The van der Waals surface area contributed by atoms with Gasteiger partial charge in [-0.25, -0.2) is 0 Å². The highest BCUT2D eigenvalue weighted by Gasteiger charge is 2.28. The third kappa shape index (κ3) is 3.04. The van der Waals surface area contributed by atoms with Gasteiger partial charge in [0.1, 0.15) is 5.75 Å². The number of rotatable bonds is 4. The maximum atomic E-state index is 11.0. The number of hydrogen-bond donors (Lipinski definition) is 2. The fourth-order valence-corrected chi connectivity index (χ4v) is 3.46. The van der Waals surface area contributed by atoms with Crippen LogP contribution in [0.2, 0.25) is 0 Å². The Labute approximate surface area is 130 Å². The smallest absolute Gasteiger partial charge is 0.306 e. The van der Waals surface area contributed by atoms with E-state index in [4.69, 9.17) is 14.6 Å². The number of benzene rings is 1. The topological polar surface area (TPSA) is 67.8 Å². The van der Waals surface area contributed by atoms with E-state index in [0.29, 0.717) is 12.6 Å². The maximum Gasteiger partial charge on any atom is 0.306 e. The van der Waals surface area contributed by atoms with Crippen molar-refractivity contribution < 1.29 is 19.4 Å². The molecule has 2 N–H and O–H groups in total. The summed E-state index contributed by atoms with van der Waals surface area (Å²) in [5, 5.41) is 12.6. The molecule has 0 aromatic heterocycles. The van der Waals surface area contributed by atoms with Crippen molar-refractivity contribution in [3.63, 3.8) is 0 Å². The van der Waals surface area contributed by atoms with Gasteiger partial charge in [-0.15, -0.1) is 0 Å². The highest BCUT2D eigenvalue weighted by atomic mass is 16.5. The summed E-state index contributed by atoms with van der Waals surface area (Å²) in [6.07, 6.45) is 4.21. The Morgan fingerprint density at radius 3 is 2.73 bits per heavy atom. The molecule has 1 aliphatic carbocycles. The summed E-state index contributed by atoms with van der Waals surface area (Å²) >= 11 is 0. The van der Waals surface area contributed by atoms with Crippen LogP contribution in [0.3, 0.4) is 0 Å². The molecule has 2 aliphatic rings. The summed E-state index contributed by atoms with van der Waals surface area (Å²) in [6.45, 7) is 0.663. The van der Waals surface area contributed by atoms with Crippen LogP contribution in [-0.2, 0) is 9.53 Å². The fourth-order valence-electron chi connectivity index (χ4n) is 3.46. The van der Waals surface area contributed by atoms with Gasteiger partial charge in [0.15, 0.2) is 0 Å². The second-order valence-electron chi connectivity index (χ2n) is 6.12. The molecule has 0 amide bonds. The lowest BCUT2D eigenvalue weighted by Crippen LogP contribution is -2.29. The molecule has 1 atom stereocenters. The predicted molar refractivity (Wildman–Crippen MR) is 83.3 cm³/mol. The van der Waals surface area contributed by atoms with E-state index in [1.165, 1.54) is 0 Å². The summed E-state index contributed by atoms with van der Waals surface area (Å²) in [4.78, 5) is 11.0. The normalized spacial score (nSPS) is 27.6. The SMILES string of the molecule is COC1CCOc2c(NC3CCC(C(=O)O)CC3)cccc21. The van der Waals surface area contributed by atoms with Gasteiger partial charge in [0.2, 0.25) is 0 Å². The van der Waals surface area contributed by atoms with Gasteiger partial charge in [-0.2, -0.15) is 0 Å². The Morgan fingerprint density at radius 2 is 2.05 bits per heavy atom. The summed E-state index contributed by atoms with van der Waals surface area (Å²) in [6, 6.07) is 6.41. The third-order valence-electron chi connectivity index (χ3n) is 4.74. The number of aliphatic carboxylic acids is 1. The molecule has 1 aromatic carbocycles. The molecular formula is C17H23NO4. The first-order valence-electron chi connectivity index (χ1n) is 7.97. The van der Waals surface area contributed by atoms with Crippen molar-refractivity contribution in [3.05, 3.63) is 23.8 Å². The van der Waals surface area contributed by atoms with Crippen LogP contribution in [0, 0.1) is 5.92 Å². The summed E-state index contributed by atoms with van der Waals surface area (Å²) in [7, 11) is 1.73. The van der Waals surface area contributed by atoms with Crippen LogP contribution in [0.5, 0.6) is 5.75 Å². The molecule has 1 aliphatic heterocycles. The molecule has 3 rings (SSSR count). The minimum absolute atomic E-state index is 0.0910. The first-order valence-corrected chi connectivity index (χ1v) is 7.97. The lowest BCUT2D eigenvalue weighted by molar-refractivity contribution is -0.142. The summed E-state index contributed by atoms with van der Waals surface area (Å²) in [5.41, 5.74) is 2.09. The first-order chi connectivity index (χ1) is 10.7. The van der Waals surface area contributed by atoms with Gasteiger partial charge < -0.3 is 19.9 Å². The molecular weight excluding hydrogens is 282 g/mol. The van der Waals surface area contributed by atoms with E-state index in [9.17, 15) is 4.79 Å². The van der Waals surface area contributed by atoms with E-state index < -0.39 is 5.97 Å². The zero-order valence-electron chi connectivity index (χ0n) is 12.9. The Kier molecular flexibility index (Phi) is 4.52. The molecule has 0 saturated heterocycles. The van der Waals surface area contributed by atoms with Crippen molar-refractivity contribution >= 4 is 11.7 Å². The lowest BCUT2D eigenvalue weighted by Gasteiger charge is -2.31. The number of carboxylic acids is 1. The van der Waals surface area contributed by atoms with Gasteiger partial charge in [-0.05, 0) is 31.7 Å². The van der Waals surface area contributed by atoms with Crippen LogP contribution in [0.25, 0.3) is 0 Å². The number of fused-ring (bicyclic) bond motifs is 1. The minimum Gasteiger partial charge on any atom is -0.491 e. The average Bonchev–Trinajstić information content (AvgIpc) is 2.55. The van der Waals surface area contributed by atoms with Gasteiger partial charge >= 0.3 is 5.97 Å². The van der Waals surface area contributed by atoms with Crippen LogP contribution < -0.4 is 10.1 Å². The monoisotopic (exact) mass is 305 g/mol. The number of ether oxygens (including phenoxy) is 2. The highest BCUT2D eigenvalue weighted by Crippen LogP contribution is 2.40.